The molecule has 4 amide bonds. The molecular weight excluding hydrogens is 815 g/mol. The number of aromatic nitrogens is 8. The van der Waals surface area contributed by atoms with Gasteiger partial charge < -0.3 is 30.4 Å². The fourth-order valence-electron chi connectivity index (χ4n) is 6.20. The van der Waals surface area contributed by atoms with Crippen LogP contribution in [0.1, 0.15) is 73.3 Å². The summed E-state index contributed by atoms with van der Waals surface area (Å²) in [5.74, 6) is -1.47. The van der Waals surface area contributed by atoms with E-state index in [1.807, 2.05) is 26.0 Å². The lowest BCUT2D eigenvalue weighted by atomic mass is 10.1. The van der Waals surface area contributed by atoms with Crippen molar-refractivity contribution in [3.8, 4) is 5.75 Å². The molecule has 0 atom stereocenters. The van der Waals surface area contributed by atoms with Gasteiger partial charge in [-0.2, -0.15) is 10.2 Å². The highest BCUT2D eigenvalue weighted by molar-refractivity contribution is 6.05. The van der Waals surface area contributed by atoms with E-state index in [1.165, 1.54) is 12.1 Å². The van der Waals surface area contributed by atoms with E-state index in [0.717, 1.165) is 0 Å². The largest absolute Gasteiger partial charge is 0.491 e. The molecule has 7 N–H and O–H groups in total. The standard InChI is InChI=1S/C37H42N12O6.3ClH/c1-5-48-28(16-21(3)44-48)34(53)42-36-40-25-18-23(32(38)51)10-11-27(25)46(36)12-7-8-13-47-31-26(19-24(33(39)52)20-30(31)55-15-9-14-50)41-37(47)43-35(54)29-17-22(4)45-49(29)6-2;;;/h7-8,10-11,16-20,50H,5-6,9,12-15H2,1-4H3,(H2,38,51)(H2,39,52)(H,40,42,53)(H,41,43,54);3*1H/b8-7+;;;. The maximum Gasteiger partial charge on any atom is 0.276 e. The molecule has 2 aromatic carbocycles. The van der Waals surface area contributed by atoms with Gasteiger partial charge in [-0.1, -0.05) is 12.2 Å². The Morgan fingerprint density at radius 3 is 1.79 bits per heavy atom. The lowest BCUT2D eigenvalue weighted by Gasteiger charge is -2.13. The fourth-order valence-corrected chi connectivity index (χ4v) is 6.20. The van der Waals surface area contributed by atoms with E-state index in [4.69, 9.17) is 16.2 Å². The van der Waals surface area contributed by atoms with Crippen LogP contribution < -0.4 is 26.8 Å². The molecule has 21 heteroatoms. The molecule has 0 unspecified atom stereocenters. The van der Waals surface area contributed by atoms with E-state index in [0.29, 0.717) is 64.4 Å². The van der Waals surface area contributed by atoms with Crippen molar-refractivity contribution in [3.63, 3.8) is 0 Å². The topological polar surface area (TPSA) is 245 Å². The number of aliphatic hydroxyl groups excluding tert-OH is 1. The number of carbonyl (C=O) groups is 4. The number of nitrogens with two attached hydrogens (primary N) is 2. The van der Waals surface area contributed by atoms with Gasteiger partial charge in [0.2, 0.25) is 23.7 Å². The zero-order valence-electron chi connectivity index (χ0n) is 32.1. The van der Waals surface area contributed by atoms with E-state index in [-0.39, 0.29) is 92.3 Å². The van der Waals surface area contributed by atoms with Crippen molar-refractivity contribution in [3.05, 3.63) is 88.5 Å². The highest BCUT2D eigenvalue weighted by atomic mass is 35.5. The second-order valence-electron chi connectivity index (χ2n) is 12.6. The average Bonchev–Trinajstić information content (AvgIpc) is 3.92. The summed E-state index contributed by atoms with van der Waals surface area (Å²) in [5, 5.41) is 23.9. The summed E-state index contributed by atoms with van der Waals surface area (Å²) in [6.45, 7) is 8.75. The molecule has 0 radical (unpaired) electrons. The number of ether oxygens (including phenoxy) is 1. The summed E-state index contributed by atoms with van der Waals surface area (Å²) in [5.41, 5.74) is 15.6. The normalized spacial score (nSPS) is 10.9. The maximum absolute atomic E-state index is 13.6. The molecule has 0 saturated heterocycles. The van der Waals surface area contributed by atoms with Crippen LogP contribution in [0.25, 0.3) is 22.1 Å². The van der Waals surface area contributed by atoms with Crippen molar-refractivity contribution in [1.29, 1.82) is 0 Å². The first-order valence-electron chi connectivity index (χ1n) is 17.7. The van der Waals surface area contributed by atoms with Crippen molar-refractivity contribution in [1.82, 2.24) is 38.7 Å². The number of imidazole rings is 2. The lowest BCUT2D eigenvalue weighted by molar-refractivity contribution is 0.0992. The minimum absolute atomic E-state index is 0. The molecule has 0 aliphatic rings. The van der Waals surface area contributed by atoms with E-state index in [2.05, 4.69) is 30.8 Å². The van der Waals surface area contributed by atoms with Crippen LogP contribution in [-0.2, 0) is 26.2 Å². The molecule has 18 nitrogen and oxygen atoms in total. The van der Waals surface area contributed by atoms with Gasteiger partial charge in [-0.3, -0.25) is 39.2 Å². The van der Waals surface area contributed by atoms with Crippen LogP contribution in [0.5, 0.6) is 5.75 Å². The molecule has 0 aliphatic carbocycles. The first-order chi connectivity index (χ1) is 26.4. The number of anilines is 2. The van der Waals surface area contributed by atoms with Crippen LogP contribution in [0.4, 0.5) is 11.9 Å². The number of amides is 4. The molecule has 4 aromatic heterocycles. The molecule has 0 fully saturated rings. The summed E-state index contributed by atoms with van der Waals surface area (Å²) in [6, 6.07) is 11.2. The minimum atomic E-state index is -0.691. The van der Waals surface area contributed by atoms with Gasteiger partial charge in [-0.15, -0.1) is 37.2 Å². The van der Waals surface area contributed by atoms with Gasteiger partial charge in [0, 0.05) is 50.3 Å². The number of carbonyl (C=O) groups excluding carboxylic acids is 4. The number of benzene rings is 2. The predicted octanol–water partition coefficient (Wildman–Crippen LogP) is 4.42. The zero-order chi connectivity index (χ0) is 39.4. The van der Waals surface area contributed by atoms with Gasteiger partial charge >= 0.3 is 0 Å². The molecular formula is C37H45Cl3N12O6. The summed E-state index contributed by atoms with van der Waals surface area (Å²) in [4.78, 5) is 60.6. The predicted molar refractivity (Wildman–Crippen MR) is 226 cm³/mol. The van der Waals surface area contributed by atoms with E-state index in [1.54, 1.807) is 62.7 Å². The monoisotopic (exact) mass is 858 g/mol. The number of fused-ring (bicyclic) bond motifs is 2. The molecule has 4 heterocycles. The number of nitrogens with zero attached hydrogens (tertiary/aromatic N) is 8. The van der Waals surface area contributed by atoms with Crippen LogP contribution in [0, 0.1) is 13.8 Å². The first-order valence-corrected chi connectivity index (χ1v) is 17.7. The van der Waals surface area contributed by atoms with Gasteiger partial charge in [0.15, 0.2) is 0 Å². The van der Waals surface area contributed by atoms with Crippen LogP contribution in [0.2, 0.25) is 0 Å². The third kappa shape index (κ3) is 9.76. The Labute approximate surface area is 351 Å². The molecule has 6 aromatic rings. The number of aliphatic hydroxyl groups is 1. The smallest absolute Gasteiger partial charge is 0.276 e. The number of nitrogens with one attached hydrogen (secondary N) is 2. The minimum Gasteiger partial charge on any atom is -0.491 e. The SMILES string of the molecule is CCn1nc(C)cc1C(=O)Nc1nc2cc(C(N)=O)ccc2n1C/C=C/Cn1c(NC(=O)c2cc(C)nn2CC)nc2cc(C(N)=O)cc(OCCCO)c21.Cl.Cl.Cl. The van der Waals surface area contributed by atoms with Crippen LogP contribution in [0.3, 0.4) is 0 Å². The van der Waals surface area contributed by atoms with Crippen molar-refractivity contribution in [2.24, 2.45) is 11.5 Å². The molecule has 58 heavy (non-hydrogen) atoms. The number of rotatable bonds is 16. The first kappa shape index (κ1) is 46.4. The molecule has 310 valence electrons. The van der Waals surface area contributed by atoms with E-state index in [9.17, 15) is 24.3 Å². The van der Waals surface area contributed by atoms with E-state index >= 15 is 0 Å². The second-order valence-corrected chi connectivity index (χ2v) is 12.6. The number of hydrogen-bond donors (Lipinski definition) is 5. The summed E-state index contributed by atoms with van der Waals surface area (Å²) in [6.07, 6.45) is 4.01. The lowest BCUT2D eigenvalue weighted by Crippen LogP contribution is -2.20. The van der Waals surface area contributed by atoms with E-state index < -0.39 is 23.6 Å². The third-order valence-corrected chi connectivity index (χ3v) is 8.75. The maximum atomic E-state index is 13.6. The van der Waals surface area contributed by atoms with Gasteiger partial charge in [-0.05, 0) is 70.2 Å². The van der Waals surface area contributed by atoms with Crippen molar-refractivity contribution in [2.75, 3.05) is 23.8 Å². The van der Waals surface area contributed by atoms with Crippen LogP contribution in [-0.4, -0.2) is 80.6 Å². The number of halogens is 3. The van der Waals surface area contributed by atoms with Crippen molar-refractivity contribution in [2.45, 2.75) is 60.3 Å². The third-order valence-electron chi connectivity index (χ3n) is 8.75. The van der Waals surface area contributed by atoms with Gasteiger partial charge in [0.25, 0.3) is 11.8 Å². The summed E-state index contributed by atoms with van der Waals surface area (Å²) >= 11 is 0. The Morgan fingerprint density at radius 1 is 0.741 bits per heavy atom. The Morgan fingerprint density at radius 2 is 1.26 bits per heavy atom. The van der Waals surface area contributed by atoms with Crippen molar-refractivity contribution < 1.29 is 29.0 Å². The molecule has 0 bridgehead atoms. The summed E-state index contributed by atoms with van der Waals surface area (Å²) in [7, 11) is 0. The highest BCUT2D eigenvalue weighted by Crippen LogP contribution is 2.32. The fraction of sp³-hybridized carbons (Fsp3) is 0.297. The van der Waals surface area contributed by atoms with Crippen LogP contribution >= 0.6 is 37.2 Å². The molecule has 0 aliphatic heterocycles. The second kappa shape index (κ2) is 20.0. The number of hydrogen-bond acceptors (Lipinski definition) is 10. The van der Waals surface area contributed by atoms with Gasteiger partial charge in [0.05, 0.1) is 34.5 Å². The Balaban J connectivity index is 0.00000300. The Hall–Kier alpha value is -5.95. The van der Waals surface area contributed by atoms with Gasteiger partial charge in [-0.25, -0.2) is 9.97 Å². The Bertz CT molecular complexity index is 2490. The molecule has 0 saturated carbocycles. The summed E-state index contributed by atoms with van der Waals surface area (Å²) < 4.78 is 12.7. The van der Waals surface area contributed by atoms with Crippen molar-refractivity contribution >= 4 is 94.8 Å². The quantitative estimate of drug-likeness (QED) is 0.0678. The molecule has 6 rings (SSSR count). The number of allylic oxidation sites excluding steroid dienone is 2. The van der Waals surface area contributed by atoms with Gasteiger partial charge in [0.1, 0.15) is 22.7 Å². The highest BCUT2D eigenvalue weighted by Gasteiger charge is 2.22. The average molecular weight is 860 g/mol. The van der Waals surface area contributed by atoms with Crippen LogP contribution in [0.15, 0.2) is 54.6 Å². The zero-order valence-corrected chi connectivity index (χ0v) is 34.5. The number of aryl methyl sites for hydroxylation is 4. The number of primary amides is 2. The molecule has 0 spiro atoms. The Kier molecular flexibility index (Phi) is 16.0.